The number of aromatic nitrogens is 3. The Kier molecular flexibility index (Phi) is 2.49. The van der Waals surface area contributed by atoms with Crippen LogP contribution in [0.15, 0.2) is 59.8 Å². The summed E-state index contributed by atoms with van der Waals surface area (Å²) in [5.41, 5.74) is 3.61. The van der Waals surface area contributed by atoms with Crippen molar-refractivity contribution in [3.63, 3.8) is 0 Å². The van der Waals surface area contributed by atoms with E-state index in [0.29, 0.717) is 5.82 Å². The van der Waals surface area contributed by atoms with Gasteiger partial charge in [0.1, 0.15) is 0 Å². The van der Waals surface area contributed by atoms with Crippen LogP contribution in [0.2, 0.25) is 0 Å². The van der Waals surface area contributed by atoms with Gasteiger partial charge in [-0.25, -0.2) is 9.66 Å². The third kappa shape index (κ3) is 1.82. The van der Waals surface area contributed by atoms with Gasteiger partial charge in [-0.15, -0.1) is 0 Å². The van der Waals surface area contributed by atoms with Crippen LogP contribution in [0.4, 0.5) is 5.82 Å². The largest absolute Gasteiger partial charge is 0.273 e. The summed E-state index contributed by atoms with van der Waals surface area (Å²) < 4.78 is 1.46. The summed E-state index contributed by atoms with van der Waals surface area (Å²) >= 11 is 0. The summed E-state index contributed by atoms with van der Waals surface area (Å²) in [6.45, 7) is 0. The minimum Gasteiger partial charge on any atom is -0.273 e. The Balaban J connectivity index is 2.16. The van der Waals surface area contributed by atoms with Crippen LogP contribution < -0.4 is 11.0 Å². The minimum atomic E-state index is -0.139. The second-order valence-electron chi connectivity index (χ2n) is 3.77. The average Bonchev–Trinajstić information content (AvgIpc) is 2.43. The van der Waals surface area contributed by atoms with Crippen molar-refractivity contribution in [1.29, 1.82) is 0 Å². The van der Waals surface area contributed by atoms with E-state index in [2.05, 4.69) is 15.4 Å². The molecule has 3 aromatic rings. The maximum absolute atomic E-state index is 11.9. The fourth-order valence-corrected chi connectivity index (χ4v) is 1.77. The monoisotopic (exact) mass is 238 g/mol. The van der Waals surface area contributed by atoms with E-state index in [1.165, 1.54) is 10.7 Å². The van der Waals surface area contributed by atoms with E-state index < -0.39 is 0 Å². The number of benzene rings is 1. The summed E-state index contributed by atoms with van der Waals surface area (Å²) in [7, 11) is 0. The first-order chi connectivity index (χ1) is 8.84. The molecule has 0 radical (unpaired) electrons. The molecule has 0 spiro atoms. The van der Waals surface area contributed by atoms with Crippen LogP contribution in [-0.2, 0) is 0 Å². The van der Waals surface area contributed by atoms with Gasteiger partial charge in [0.25, 0.3) is 5.56 Å². The third-order valence-corrected chi connectivity index (χ3v) is 2.59. The SMILES string of the molecule is O=c1ccc2ccccc2n1Nc1cnccn1. The molecule has 1 N–H and O–H groups in total. The normalized spacial score (nSPS) is 10.4. The molecule has 0 aliphatic heterocycles. The van der Waals surface area contributed by atoms with E-state index in [4.69, 9.17) is 0 Å². The van der Waals surface area contributed by atoms with Crippen molar-refractivity contribution in [2.75, 3.05) is 5.43 Å². The van der Waals surface area contributed by atoms with Crippen LogP contribution in [0.25, 0.3) is 10.9 Å². The lowest BCUT2D eigenvalue weighted by Crippen LogP contribution is -2.26. The van der Waals surface area contributed by atoms with Gasteiger partial charge in [-0.05, 0) is 12.1 Å². The molecule has 88 valence electrons. The Morgan fingerprint density at radius 1 is 1.06 bits per heavy atom. The van der Waals surface area contributed by atoms with Crippen molar-refractivity contribution >= 4 is 16.7 Å². The van der Waals surface area contributed by atoms with Gasteiger partial charge in [0.05, 0.1) is 11.7 Å². The number of anilines is 1. The number of hydrogen-bond donors (Lipinski definition) is 1. The number of hydrogen-bond acceptors (Lipinski definition) is 4. The lowest BCUT2D eigenvalue weighted by Gasteiger charge is -2.11. The van der Waals surface area contributed by atoms with Gasteiger partial charge in [0.15, 0.2) is 5.82 Å². The average molecular weight is 238 g/mol. The molecule has 18 heavy (non-hydrogen) atoms. The maximum Gasteiger partial charge on any atom is 0.269 e. The Morgan fingerprint density at radius 2 is 1.94 bits per heavy atom. The predicted molar refractivity (Wildman–Crippen MR) is 69.3 cm³/mol. The van der Waals surface area contributed by atoms with Crippen LogP contribution in [0.5, 0.6) is 0 Å². The molecule has 0 unspecified atom stereocenters. The van der Waals surface area contributed by atoms with Crippen molar-refractivity contribution in [3.05, 3.63) is 65.3 Å². The highest BCUT2D eigenvalue weighted by Crippen LogP contribution is 2.11. The van der Waals surface area contributed by atoms with E-state index in [9.17, 15) is 4.79 Å². The fraction of sp³-hybridized carbons (Fsp3) is 0. The van der Waals surface area contributed by atoms with Gasteiger partial charge in [0, 0.05) is 23.8 Å². The van der Waals surface area contributed by atoms with Gasteiger partial charge in [-0.2, -0.15) is 0 Å². The smallest absolute Gasteiger partial charge is 0.269 e. The highest BCUT2D eigenvalue weighted by atomic mass is 16.1. The summed E-state index contributed by atoms with van der Waals surface area (Å²) in [4.78, 5) is 19.9. The molecular weight excluding hydrogens is 228 g/mol. The number of pyridine rings is 1. The summed E-state index contributed by atoms with van der Waals surface area (Å²) in [6.07, 6.45) is 4.71. The van der Waals surface area contributed by atoms with Crippen molar-refractivity contribution < 1.29 is 0 Å². The number of fused-ring (bicyclic) bond motifs is 1. The van der Waals surface area contributed by atoms with Crippen molar-refractivity contribution in [1.82, 2.24) is 14.6 Å². The first kappa shape index (κ1) is 10.5. The summed E-state index contributed by atoms with van der Waals surface area (Å²) in [6, 6.07) is 11.0. The standard InChI is InChI=1S/C13H10N4O/c18-13-6-5-10-3-1-2-4-11(10)17(13)16-12-9-14-7-8-15-12/h1-9H,(H,15,16). The zero-order valence-electron chi connectivity index (χ0n) is 9.45. The minimum absolute atomic E-state index is 0.139. The lowest BCUT2D eigenvalue weighted by molar-refractivity contribution is 0.926. The molecule has 0 saturated heterocycles. The quantitative estimate of drug-likeness (QED) is 0.737. The molecule has 0 aliphatic carbocycles. The number of nitrogens with zero attached hydrogens (tertiary/aromatic N) is 3. The molecule has 0 saturated carbocycles. The van der Waals surface area contributed by atoms with Gasteiger partial charge in [0.2, 0.25) is 0 Å². The number of para-hydroxylation sites is 1. The molecule has 3 rings (SSSR count). The molecule has 0 amide bonds. The van der Waals surface area contributed by atoms with Gasteiger partial charge in [-0.3, -0.25) is 15.2 Å². The first-order valence-corrected chi connectivity index (χ1v) is 5.48. The topological polar surface area (TPSA) is 59.8 Å². The van der Waals surface area contributed by atoms with Gasteiger partial charge >= 0.3 is 0 Å². The van der Waals surface area contributed by atoms with Gasteiger partial charge in [-0.1, -0.05) is 18.2 Å². The summed E-state index contributed by atoms with van der Waals surface area (Å²) in [5, 5.41) is 0.980. The van der Waals surface area contributed by atoms with Crippen LogP contribution in [0.3, 0.4) is 0 Å². The molecule has 0 fully saturated rings. The molecule has 0 atom stereocenters. The summed E-state index contributed by atoms with van der Waals surface area (Å²) in [5.74, 6) is 0.524. The van der Waals surface area contributed by atoms with Crippen LogP contribution in [-0.4, -0.2) is 14.6 Å². The maximum atomic E-state index is 11.9. The van der Waals surface area contributed by atoms with E-state index in [1.54, 1.807) is 24.7 Å². The van der Waals surface area contributed by atoms with E-state index >= 15 is 0 Å². The van der Waals surface area contributed by atoms with Crippen LogP contribution in [0, 0.1) is 0 Å². The van der Waals surface area contributed by atoms with Gasteiger partial charge < -0.3 is 0 Å². The highest BCUT2D eigenvalue weighted by molar-refractivity contribution is 5.79. The predicted octanol–water partition coefficient (Wildman–Crippen LogP) is 1.67. The molecular formula is C13H10N4O. The van der Waals surface area contributed by atoms with Crippen LogP contribution in [0.1, 0.15) is 0 Å². The second-order valence-corrected chi connectivity index (χ2v) is 3.77. The number of rotatable bonds is 2. The molecule has 1 aromatic carbocycles. The Morgan fingerprint density at radius 3 is 2.78 bits per heavy atom. The Hall–Kier alpha value is -2.69. The highest BCUT2D eigenvalue weighted by Gasteiger charge is 2.02. The third-order valence-electron chi connectivity index (χ3n) is 2.59. The van der Waals surface area contributed by atoms with E-state index in [1.807, 2.05) is 24.3 Å². The second kappa shape index (κ2) is 4.29. The number of nitrogens with one attached hydrogen (secondary N) is 1. The lowest BCUT2D eigenvalue weighted by atomic mass is 10.2. The zero-order chi connectivity index (χ0) is 12.4. The molecule has 5 nitrogen and oxygen atoms in total. The van der Waals surface area contributed by atoms with Crippen molar-refractivity contribution in [2.45, 2.75) is 0 Å². The molecule has 0 bridgehead atoms. The molecule has 2 heterocycles. The van der Waals surface area contributed by atoms with E-state index in [-0.39, 0.29) is 5.56 Å². The van der Waals surface area contributed by atoms with E-state index in [0.717, 1.165) is 10.9 Å². The molecule has 2 aromatic heterocycles. The zero-order valence-corrected chi connectivity index (χ0v) is 9.45. The van der Waals surface area contributed by atoms with Crippen LogP contribution >= 0.6 is 0 Å². The fourth-order valence-electron chi connectivity index (χ4n) is 1.77. The Labute approximate surface area is 103 Å². The van der Waals surface area contributed by atoms with Crippen molar-refractivity contribution in [2.24, 2.45) is 0 Å². The first-order valence-electron chi connectivity index (χ1n) is 5.48. The molecule has 5 heteroatoms. The Bertz CT molecular complexity index is 737. The molecule has 0 aliphatic rings. The van der Waals surface area contributed by atoms with Crippen molar-refractivity contribution in [3.8, 4) is 0 Å².